The molecule has 1 aliphatic heterocycles. The number of benzene rings is 2. The summed E-state index contributed by atoms with van der Waals surface area (Å²) in [4.78, 5) is 24.5. The maximum atomic E-state index is 12.3. The van der Waals surface area contributed by atoms with Crippen LogP contribution in [0.3, 0.4) is 0 Å². The Morgan fingerprint density at radius 1 is 0.897 bits per heavy atom. The van der Waals surface area contributed by atoms with Crippen LogP contribution in [0.1, 0.15) is 20.7 Å². The smallest absolute Gasteiger partial charge is 0.338 e. The molecule has 0 spiro atoms. The molecule has 0 aliphatic carbocycles. The highest BCUT2D eigenvalue weighted by atomic mass is 16.7. The van der Waals surface area contributed by atoms with Gasteiger partial charge in [0.05, 0.1) is 11.1 Å². The zero-order chi connectivity index (χ0) is 20.8. The van der Waals surface area contributed by atoms with E-state index in [4.69, 9.17) is 18.9 Å². The van der Waals surface area contributed by atoms with Crippen molar-refractivity contribution >= 4 is 11.9 Å². The Balaban J connectivity index is 1.68. The van der Waals surface area contributed by atoms with Gasteiger partial charge in [-0.3, -0.25) is 0 Å². The molecule has 2 aromatic rings. The molecule has 29 heavy (non-hydrogen) atoms. The van der Waals surface area contributed by atoms with Gasteiger partial charge >= 0.3 is 11.9 Å². The van der Waals surface area contributed by atoms with E-state index >= 15 is 0 Å². The first kappa shape index (κ1) is 20.9. The quantitative estimate of drug-likeness (QED) is 0.693. The van der Waals surface area contributed by atoms with E-state index in [2.05, 4.69) is 0 Å². The van der Waals surface area contributed by atoms with Crippen LogP contribution in [0.5, 0.6) is 0 Å². The Hall–Kier alpha value is -2.78. The van der Waals surface area contributed by atoms with Gasteiger partial charge in [0, 0.05) is 7.11 Å². The average Bonchev–Trinajstić information content (AvgIpc) is 2.77. The van der Waals surface area contributed by atoms with Gasteiger partial charge in [-0.25, -0.2) is 9.59 Å². The number of hydrogen-bond acceptors (Lipinski definition) is 8. The number of methoxy groups -OCH3 is 1. The summed E-state index contributed by atoms with van der Waals surface area (Å²) in [6.07, 6.45) is -6.44. The first-order valence-electron chi connectivity index (χ1n) is 9.04. The third kappa shape index (κ3) is 4.99. The van der Waals surface area contributed by atoms with Crippen molar-refractivity contribution in [1.29, 1.82) is 0 Å². The molecule has 0 saturated carbocycles. The van der Waals surface area contributed by atoms with E-state index in [-0.39, 0.29) is 12.2 Å². The molecule has 5 atom stereocenters. The van der Waals surface area contributed by atoms with Gasteiger partial charge in [0.15, 0.2) is 12.4 Å². The summed E-state index contributed by atoms with van der Waals surface area (Å²) in [5, 5.41) is 21.0. The van der Waals surface area contributed by atoms with Gasteiger partial charge < -0.3 is 29.2 Å². The summed E-state index contributed by atoms with van der Waals surface area (Å²) in [7, 11) is 1.30. The monoisotopic (exact) mass is 402 g/mol. The number of carbonyl (C=O) groups is 2. The fourth-order valence-corrected chi connectivity index (χ4v) is 2.96. The normalized spacial score (nSPS) is 26.5. The second-order valence-corrected chi connectivity index (χ2v) is 6.46. The molecule has 1 heterocycles. The van der Waals surface area contributed by atoms with Crippen LogP contribution >= 0.6 is 0 Å². The SMILES string of the molecule is CO[C@H]1O[C@H](COC(=O)c2ccccc2)[C@@H](O)[C@H](OC(=O)c2ccccc2)[C@H]1O. The zero-order valence-electron chi connectivity index (χ0n) is 15.7. The Morgan fingerprint density at radius 2 is 1.45 bits per heavy atom. The van der Waals surface area contributed by atoms with Crippen molar-refractivity contribution in [2.24, 2.45) is 0 Å². The molecule has 3 rings (SSSR count). The summed E-state index contributed by atoms with van der Waals surface area (Å²) in [5.41, 5.74) is 0.604. The lowest BCUT2D eigenvalue weighted by Gasteiger charge is -2.41. The summed E-state index contributed by atoms with van der Waals surface area (Å²) in [6.45, 7) is -0.319. The first-order chi connectivity index (χ1) is 14.0. The predicted octanol–water partition coefficient (Wildman–Crippen LogP) is 1.16. The van der Waals surface area contributed by atoms with Crippen LogP contribution in [0, 0.1) is 0 Å². The van der Waals surface area contributed by atoms with Crippen LogP contribution in [0.15, 0.2) is 60.7 Å². The number of hydrogen-bond donors (Lipinski definition) is 2. The number of aliphatic hydroxyl groups is 2. The molecular weight excluding hydrogens is 380 g/mol. The van der Waals surface area contributed by atoms with Crippen LogP contribution in [0.2, 0.25) is 0 Å². The Kier molecular flexibility index (Phi) is 6.95. The highest BCUT2D eigenvalue weighted by Gasteiger charge is 2.47. The van der Waals surface area contributed by atoms with Crippen LogP contribution in [0.25, 0.3) is 0 Å². The Morgan fingerprint density at radius 3 is 2.00 bits per heavy atom. The fourth-order valence-electron chi connectivity index (χ4n) is 2.96. The molecule has 0 amide bonds. The lowest BCUT2D eigenvalue weighted by Crippen LogP contribution is -2.60. The molecule has 1 saturated heterocycles. The lowest BCUT2D eigenvalue weighted by atomic mass is 9.99. The maximum absolute atomic E-state index is 12.3. The van der Waals surface area contributed by atoms with Gasteiger partial charge in [-0.05, 0) is 24.3 Å². The van der Waals surface area contributed by atoms with E-state index in [1.54, 1.807) is 60.7 Å². The minimum Gasteiger partial charge on any atom is -0.459 e. The molecule has 1 aliphatic rings. The van der Waals surface area contributed by atoms with E-state index in [0.717, 1.165) is 0 Å². The van der Waals surface area contributed by atoms with Crippen LogP contribution in [-0.4, -0.2) is 66.6 Å². The molecule has 2 aromatic carbocycles. The summed E-state index contributed by atoms with van der Waals surface area (Å²) in [6, 6.07) is 16.5. The van der Waals surface area contributed by atoms with Crippen molar-refractivity contribution in [2.45, 2.75) is 30.7 Å². The largest absolute Gasteiger partial charge is 0.459 e. The number of rotatable bonds is 6. The lowest BCUT2D eigenvalue weighted by molar-refractivity contribution is -0.293. The van der Waals surface area contributed by atoms with E-state index < -0.39 is 42.6 Å². The van der Waals surface area contributed by atoms with E-state index in [1.807, 2.05) is 0 Å². The predicted molar refractivity (Wildman–Crippen MR) is 100 cm³/mol. The third-order valence-electron chi connectivity index (χ3n) is 4.51. The third-order valence-corrected chi connectivity index (χ3v) is 4.51. The first-order valence-corrected chi connectivity index (χ1v) is 9.04. The fraction of sp³-hybridized carbons (Fsp3) is 0.333. The van der Waals surface area contributed by atoms with Gasteiger partial charge in [0.1, 0.15) is 24.9 Å². The molecule has 8 heteroatoms. The maximum Gasteiger partial charge on any atom is 0.338 e. The van der Waals surface area contributed by atoms with Crippen LogP contribution < -0.4 is 0 Å². The van der Waals surface area contributed by atoms with E-state index in [1.165, 1.54) is 7.11 Å². The summed E-state index contributed by atoms with van der Waals surface area (Å²) in [5.74, 6) is -1.31. The minimum atomic E-state index is -1.44. The van der Waals surface area contributed by atoms with Gasteiger partial charge in [-0.2, -0.15) is 0 Å². The molecule has 2 N–H and O–H groups in total. The van der Waals surface area contributed by atoms with Crippen molar-refractivity contribution in [1.82, 2.24) is 0 Å². The number of ether oxygens (including phenoxy) is 4. The van der Waals surface area contributed by atoms with Gasteiger partial charge in [-0.1, -0.05) is 36.4 Å². The van der Waals surface area contributed by atoms with Crippen molar-refractivity contribution in [2.75, 3.05) is 13.7 Å². The molecule has 0 radical (unpaired) electrons. The van der Waals surface area contributed by atoms with Crippen LogP contribution in [0.4, 0.5) is 0 Å². The molecule has 154 valence electrons. The number of esters is 2. The Bertz CT molecular complexity index is 810. The van der Waals surface area contributed by atoms with Crippen LogP contribution in [-0.2, 0) is 18.9 Å². The minimum absolute atomic E-state index is 0.263. The van der Waals surface area contributed by atoms with Gasteiger partial charge in [0.25, 0.3) is 0 Å². The highest BCUT2D eigenvalue weighted by Crippen LogP contribution is 2.25. The summed E-state index contributed by atoms with van der Waals surface area (Å²) >= 11 is 0. The molecule has 0 unspecified atom stereocenters. The second-order valence-electron chi connectivity index (χ2n) is 6.46. The highest BCUT2D eigenvalue weighted by molar-refractivity contribution is 5.89. The van der Waals surface area contributed by atoms with Crippen molar-refractivity contribution in [3.63, 3.8) is 0 Å². The van der Waals surface area contributed by atoms with E-state index in [9.17, 15) is 19.8 Å². The summed E-state index contributed by atoms with van der Waals surface area (Å²) < 4.78 is 21.1. The topological polar surface area (TPSA) is 112 Å². The molecule has 8 nitrogen and oxygen atoms in total. The zero-order valence-corrected chi connectivity index (χ0v) is 15.7. The van der Waals surface area contributed by atoms with Gasteiger partial charge in [0.2, 0.25) is 0 Å². The second kappa shape index (κ2) is 9.62. The standard InChI is InChI=1S/C21H22O8/c1-26-21-17(23)18(29-20(25)14-10-6-3-7-11-14)16(22)15(28-21)12-27-19(24)13-8-4-2-5-9-13/h2-11,15-18,21-23H,12H2,1H3/t15-,16-,17-,18+,21+/m1/s1. The van der Waals surface area contributed by atoms with Crippen molar-refractivity contribution < 1.29 is 38.7 Å². The molecule has 1 fully saturated rings. The molecule has 0 aromatic heterocycles. The Labute approximate surface area is 167 Å². The van der Waals surface area contributed by atoms with Crippen molar-refractivity contribution in [3.05, 3.63) is 71.8 Å². The van der Waals surface area contributed by atoms with Crippen molar-refractivity contribution in [3.8, 4) is 0 Å². The van der Waals surface area contributed by atoms with E-state index in [0.29, 0.717) is 5.56 Å². The van der Waals surface area contributed by atoms with Gasteiger partial charge in [-0.15, -0.1) is 0 Å². The number of aliphatic hydroxyl groups excluding tert-OH is 2. The molecular formula is C21H22O8. The number of carbonyl (C=O) groups excluding carboxylic acids is 2. The molecule has 0 bridgehead atoms. The average molecular weight is 402 g/mol.